The number of carbonyl (C=O) groups excluding carboxylic acids is 1. The molecule has 3 rings (SSSR count). The lowest BCUT2D eigenvalue weighted by Crippen LogP contribution is -2.29. The molecule has 0 fully saturated rings. The van der Waals surface area contributed by atoms with Gasteiger partial charge in [-0.15, -0.1) is 0 Å². The van der Waals surface area contributed by atoms with E-state index in [9.17, 15) is 14.0 Å². The predicted octanol–water partition coefficient (Wildman–Crippen LogP) is 3.40. The number of benzene rings is 2. The van der Waals surface area contributed by atoms with Gasteiger partial charge in [0.2, 0.25) is 5.91 Å². The summed E-state index contributed by atoms with van der Waals surface area (Å²) in [5.74, 6) is 0.992. The lowest BCUT2D eigenvalue weighted by Gasteiger charge is -2.07. The molecule has 0 aliphatic carbocycles. The van der Waals surface area contributed by atoms with Crippen LogP contribution in [-0.4, -0.2) is 27.3 Å². The van der Waals surface area contributed by atoms with Crippen LogP contribution in [0.3, 0.4) is 0 Å². The summed E-state index contributed by atoms with van der Waals surface area (Å²) < 4.78 is 16.9. The van der Waals surface area contributed by atoms with Crippen LogP contribution in [0.4, 0.5) is 4.39 Å². The number of para-hydroxylation sites is 2. The number of aromatic nitrogens is 2. The Morgan fingerprint density at radius 2 is 1.75 bits per heavy atom. The Bertz CT molecular complexity index is 1010. The second kappa shape index (κ2) is 9.59. The van der Waals surface area contributed by atoms with E-state index in [4.69, 9.17) is 0 Å². The summed E-state index contributed by atoms with van der Waals surface area (Å²) >= 11 is 1.57. The Kier molecular flexibility index (Phi) is 6.92. The zero-order chi connectivity index (χ0) is 19.9. The number of hydrogen-bond donors (Lipinski definition) is 1. The zero-order valence-electron chi connectivity index (χ0n) is 15.9. The lowest BCUT2D eigenvalue weighted by atomic mass is 10.2. The van der Waals surface area contributed by atoms with E-state index in [2.05, 4.69) is 5.32 Å². The molecule has 1 N–H and O–H groups in total. The van der Waals surface area contributed by atoms with E-state index in [-0.39, 0.29) is 23.8 Å². The molecule has 1 heterocycles. The molecule has 148 valence electrons. The number of imidazole rings is 1. The van der Waals surface area contributed by atoms with Crippen LogP contribution in [0.1, 0.15) is 18.9 Å². The van der Waals surface area contributed by atoms with E-state index in [0.29, 0.717) is 36.7 Å². The van der Waals surface area contributed by atoms with E-state index in [1.54, 1.807) is 33.0 Å². The molecule has 0 saturated carbocycles. The SMILES string of the molecule is CCn1c(=O)n(CCC(=O)NCCSCc2ccccc2F)c2ccccc21. The summed E-state index contributed by atoms with van der Waals surface area (Å²) in [7, 11) is 0. The van der Waals surface area contributed by atoms with Crippen molar-refractivity contribution in [1.82, 2.24) is 14.5 Å². The first kappa shape index (κ1) is 20.2. The Hall–Kier alpha value is -2.54. The van der Waals surface area contributed by atoms with Crippen molar-refractivity contribution in [2.24, 2.45) is 0 Å². The van der Waals surface area contributed by atoms with Gasteiger partial charge in [-0.2, -0.15) is 11.8 Å². The molecule has 0 bridgehead atoms. The molecule has 0 spiro atoms. The number of fused-ring (bicyclic) bond motifs is 1. The average molecular weight is 402 g/mol. The largest absolute Gasteiger partial charge is 0.355 e. The van der Waals surface area contributed by atoms with Gasteiger partial charge in [0, 0.05) is 37.6 Å². The lowest BCUT2D eigenvalue weighted by molar-refractivity contribution is -0.121. The fourth-order valence-electron chi connectivity index (χ4n) is 3.16. The van der Waals surface area contributed by atoms with Crippen molar-refractivity contribution >= 4 is 28.7 Å². The zero-order valence-corrected chi connectivity index (χ0v) is 16.7. The van der Waals surface area contributed by atoms with Crippen molar-refractivity contribution in [3.63, 3.8) is 0 Å². The van der Waals surface area contributed by atoms with Crippen LogP contribution in [0.5, 0.6) is 0 Å². The summed E-state index contributed by atoms with van der Waals surface area (Å²) in [4.78, 5) is 24.7. The van der Waals surface area contributed by atoms with Crippen LogP contribution in [0.25, 0.3) is 11.0 Å². The summed E-state index contributed by atoms with van der Waals surface area (Å²) in [5.41, 5.74) is 2.32. The number of rotatable bonds is 9. The summed E-state index contributed by atoms with van der Waals surface area (Å²) in [6.45, 7) is 3.39. The molecule has 5 nitrogen and oxygen atoms in total. The fourth-order valence-corrected chi connectivity index (χ4v) is 4.00. The number of halogens is 1. The molecule has 0 atom stereocenters. The van der Waals surface area contributed by atoms with Gasteiger partial charge in [0.25, 0.3) is 0 Å². The Balaban J connectivity index is 1.46. The normalized spacial score (nSPS) is 11.1. The fraction of sp³-hybridized carbons (Fsp3) is 0.333. The predicted molar refractivity (Wildman–Crippen MR) is 112 cm³/mol. The van der Waals surface area contributed by atoms with Gasteiger partial charge in [0.1, 0.15) is 5.82 Å². The minimum absolute atomic E-state index is 0.0862. The Morgan fingerprint density at radius 1 is 1.07 bits per heavy atom. The summed E-state index contributed by atoms with van der Waals surface area (Å²) in [5, 5.41) is 2.87. The Labute approximate surface area is 167 Å². The highest BCUT2D eigenvalue weighted by molar-refractivity contribution is 7.98. The molecule has 0 unspecified atom stereocenters. The van der Waals surface area contributed by atoms with Crippen LogP contribution in [0.15, 0.2) is 53.3 Å². The first-order chi connectivity index (χ1) is 13.6. The monoisotopic (exact) mass is 401 g/mol. The number of nitrogens with zero attached hydrogens (tertiary/aromatic N) is 2. The van der Waals surface area contributed by atoms with Crippen molar-refractivity contribution in [3.05, 3.63) is 70.4 Å². The van der Waals surface area contributed by atoms with Gasteiger partial charge in [0.05, 0.1) is 11.0 Å². The molecular weight excluding hydrogens is 377 g/mol. The molecule has 0 aliphatic heterocycles. The minimum atomic E-state index is -0.198. The molecule has 0 aliphatic rings. The maximum Gasteiger partial charge on any atom is 0.329 e. The van der Waals surface area contributed by atoms with Crippen LogP contribution >= 0.6 is 11.8 Å². The van der Waals surface area contributed by atoms with Crippen LogP contribution < -0.4 is 11.0 Å². The highest BCUT2D eigenvalue weighted by Gasteiger charge is 2.12. The van der Waals surface area contributed by atoms with E-state index < -0.39 is 0 Å². The first-order valence-corrected chi connectivity index (χ1v) is 10.5. The maximum absolute atomic E-state index is 13.5. The Morgan fingerprint density at radius 3 is 2.46 bits per heavy atom. The van der Waals surface area contributed by atoms with Crippen molar-refractivity contribution in [1.29, 1.82) is 0 Å². The quantitative estimate of drug-likeness (QED) is 0.559. The molecule has 0 radical (unpaired) electrons. The molecule has 0 saturated heterocycles. The molecular formula is C21H24FN3O2S. The van der Waals surface area contributed by atoms with E-state index in [1.165, 1.54) is 6.07 Å². The third-order valence-corrected chi connectivity index (χ3v) is 5.60. The second-order valence-electron chi connectivity index (χ2n) is 6.41. The van der Waals surface area contributed by atoms with Crippen molar-refractivity contribution < 1.29 is 9.18 Å². The van der Waals surface area contributed by atoms with E-state index in [1.807, 2.05) is 37.3 Å². The van der Waals surface area contributed by atoms with Crippen molar-refractivity contribution in [2.75, 3.05) is 12.3 Å². The van der Waals surface area contributed by atoms with Gasteiger partial charge in [-0.05, 0) is 30.7 Å². The summed E-state index contributed by atoms with van der Waals surface area (Å²) in [6, 6.07) is 14.3. The molecule has 3 aromatic rings. The molecule has 1 amide bonds. The molecule has 7 heteroatoms. The van der Waals surface area contributed by atoms with E-state index >= 15 is 0 Å². The van der Waals surface area contributed by atoms with E-state index in [0.717, 1.165) is 11.0 Å². The third kappa shape index (κ3) is 4.65. The van der Waals surface area contributed by atoms with Crippen LogP contribution in [0, 0.1) is 5.82 Å². The van der Waals surface area contributed by atoms with Crippen LogP contribution in [0.2, 0.25) is 0 Å². The number of amides is 1. The van der Waals surface area contributed by atoms with Crippen molar-refractivity contribution in [3.8, 4) is 0 Å². The highest BCUT2D eigenvalue weighted by Crippen LogP contribution is 2.15. The number of aryl methyl sites for hydroxylation is 2. The smallest absolute Gasteiger partial charge is 0.329 e. The molecule has 28 heavy (non-hydrogen) atoms. The minimum Gasteiger partial charge on any atom is -0.355 e. The van der Waals surface area contributed by atoms with Gasteiger partial charge in [-0.3, -0.25) is 13.9 Å². The number of hydrogen-bond acceptors (Lipinski definition) is 3. The molecule has 1 aromatic heterocycles. The maximum atomic E-state index is 13.5. The summed E-state index contributed by atoms with van der Waals surface area (Å²) in [6.07, 6.45) is 0.246. The number of nitrogens with one attached hydrogen (secondary N) is 1. The molecule has 2 aromatic carbocycles. The standard InChI is InChI=1S/C21H24FN3O2S/c1-2-24-18-9-5-6-10-19(18)25(21(24)27)13-11-20(26)23-12-14-28-15-16-7-3-4-8-17(16)22/h3-10H,2,11-15H2,1H3,(H,23,26). The van der Waals surface area contributed by atoms with Gasteiger partial charge in [-0.1, -0.05) is 30.3 Å². The average Bonchev–Trinajstić information content (AvgIpc) is 2.98. The van der Waals surface area contributed by atoms with Gasteiger partial charge >= 0.3 is 5.69 Å². The number of thioether (sulfide) groups is 1. The first-order valence-electron chi connectivity index (χ1n) is 9.37. The van der Waals surface area contributed by atoms with Gasteiger partial charge < -0.3 is 5.32 Å². The van der Waals surface area contributed by atoms with Crippen molar-refractivity contribution in [2.45, 2.75) is 32.2 Å². The topological polar surface area (TPSA) is 56.0 Å². The number of carbonyl (C=O) groups is 1. The third-order valence-electron chi connectivity index (χ3n) is 4.59. The van der Waals surface area contributed by atoms with Crippen LogP contribution in [-0.2, 0) is 23.6 Å². The van der Waals surface area contributed by atoms with Gasteiger partial charge in [0.15, 0.2) is 0 Å². The second-order valence-corrected chi connectivity index (χ2v) is 7.52. The highest BCUT2D eigenvalue weighted by atomic mass is 32.2. The van der Waals surface area contributed by atoms with Gasteiger partial charge in [-0.25, -0.2) is 9.18 Å².